The average molecular weight is 480 g/mol. The Balaban J connectivity index is 1.70. The van der Waals surface area contributed by atoms with Gasteiger partial charge in [-0.05, 0) is 54.8 Å². The molecular formula is C28H37N3O4. The van der Waals surface area contributed by atoms with Gasteiger partial charge in [-0.15, -0.1) is 0 Å². The minimum atomic E-state index is -0.533. The normalized spacial score (nSPS) is 18.5. The van der Waals surface area contributed by atoms with E-state index < -0.39 is 5.92 Å². The number of hydrogen-bond acceptors (Lipinski definition) is 5. The van der Waals surface area contributed by atoms with Gasteiger partial charge in [0.05, 0.1) is 26.2 Å². The lowest BCUT2D eigenvalue weighted by molar-refractivity contribution is -0.124. The maximum absolute atomic E-state index is 13.8. The van der Waals surface area contributed by atoms with Crippen LogP contribution in [-0.2, 0) is 11.2 Å². The summed E-state index contributed by atoms with van der Waals surface area (Å²) in [5.74, 6) is 0.343. The molecule has 0 saturated heterocycles. The summed E-state index contributed by atoms with van der Waals surface area (Å²) in [6.45, 7) is 8.28. The molecule has 4 rings (SSSR count). The second-order valence-corrected chi connectivity index (χ2v) is 9.24. The number of carbonyl (C=O) groups is 2. The molecule has 7 nitrogen and oxygen atoms in total. The van der Waals surface area contributed by atoms with Crippen LogP contribution in [0, 0.1) is 0 Å². The third kappa shape index (κ3) is 4.87. The van der Waals surface area contributed by atoms with Crippen LogP contribution < -0.4 is 14.8 Å². The monoisotopic (exact) mass is 479 g/mol. The highest BCUT2D eigenvalue weighted by Gasteiger charge is 2.46. The molecule has 35 heavy (non-hydrogen) atoms. The Bertz CT molecular complexity index is 1070. The van der Waals surface area contributed by atoms with Crippen molar-refractivity contribution >= 4 is 11.8 Å². The number of amides is 2. The van der Waals surface area contributed by atoms with E-state index in [9.17, 15) is 9.59 Å². The van der Waals surface area contributed by atoms with Crippen molar-refractivity contribution in [1.82, 2.24) is 15.1 Å². The smallest absolute Gasteiger partial charge is 0.254 e. The topological polar surface area (TPSA) is 71.1 Å². The zero-order valence-electron chi connectivity index (χ0n) is 21.3. The van der Waals surface area contributed by atoms with Gasteiger partial charge in [-0.2, -0.15) is 0 Å². The molecule has 2 amide bonds. The number of unbranched alkanes of at least 4 members (excludes halogenated alkanes) is 1. The van der Waals surface area contributed by atoms with Crippen molar-refractivity contribution in [1.29, 1.82) is 0 Å². The number of nitrogens with zero attached hydrogens (tertiary/aromatic N) is 2. The van der Waals surface area contributed by atoms with E-state index in [1.54, 1.807) is 20.3 Å². The first kappa shape index (κ1) is 25.0. The number of nitrogens with one attached hydrogen (secondary N) is 1. The molecule has 0 aromatic heterocycles. The predicted molar refractivity (Wildman–Crippen MR) is 136 cm³/mol. The van der Waals surface area contributed by atoms with Gasteiger partial charge in [0.15, 0.2) is 11.5 Å². The highest BCUT2D eigenvalue weighted by molar-refractivity contribution is 6.02. The third-order valence-corrected chi connectivity index (χ3v) is 7.31. The molecule has 0 saturated carbocycles. The molecule has 2 aromatic rings. The number of rotatable bonds is 10. The van der Waals surface area contributed by atoms with Crippen molar-refractivity contribution in [3.05, 3.63) is 58.7 Å². The fourth-order valence-corrected chi connectivity index (χ4v) is 5.39. The third-order valence-electron chi connectivity index (χ3n) is 7.31. The van der Waals surface area contributed by atoms with Gasteiger partial charge < -0.3 is 24.6 Å². The first-order chi connectivity index (χ1) is 17.0. The molecule has 188 valence electrons. The second kappa shape index (κ2) is 11.1. The largest absolute Gasteiger partial charge is 0.493 e. The van der Waals surface area contributed by atoms with Gasteiger partial charge in [0.25, 0.3) is 5.91 Å². The summed E-state index contributed by atoms with van der Waals surface area (Å²) in [5.41, 5.74) is 3.45. The van der Waals surface area contributed by atoms with Crippen molar-refractivity contribution in [2.45, 2.75) is 45.1 Å². The average Bonchev–Trinajstić information content (AvgIpc) is 2.89. The van der Waals surface area contributed by atoms with Gasteiger partial charge in [-0.25, -0.2) is 0 Å². The maximum Gasteiger partial charge on any atom is 0.254 e. The molecule has 2 aromatic carbocycles. The number of benzene rings is 2. The standard InChI is InChI=1S/C28H37N3O4/c1-5-7-14-30(6-2)16-13-29-27(32)25-21-17-23(34-3)24(35-4)18-22(21)28(33)31-15-12-19-10-8-9-11-20(19)26(25)31/h8-11,17-18,25-26H,5-7,12-16H2,1-4H3,(H,29,32). The minimum absolute atomic E-state index is 0.0655. The second-order valence-electron chi connectivity index (χ2n) is 9.24. The molecule has 7 heteroatoms. The molecule has 2 heterocycles. The number of likely N-dealkylation sites (N-methyl/N-ethyl adjacent to an activating group) is 1. The molecule has 2 aliphatic heterocycles. The van der Waals surface area contributed by atoms with E-state index in [0.717, 1.165) is 44.5 Å². The van der Waals surface area contributed by atoms with Crippen LogP contribution in [0.1, 0.15) is 65.7 Å². The lowest BCUT2D eigenvalue weighted by Crippen LogP contribution is -2.50. The summed E-state index contributed by atoms with van der Waals surface area (Å²) in [5, 5.41) is 3.19. The maximum atomic E-state index is 13.8. The summed E-state index contributed by atoms with van der Waals surface area (Å²) < 4.78 is 11.0. The molecule has 1 N–H and O–H groups in total. The lowest BCUT2D eigenvalue weighted by atomic mass is 9.75. The summed E-state index contributed by atoms with van der Waals surface area (Å²) in [7, 11) is 3.13. The molecule has 0 fully saturated rings. The van der Waals surface area contributed by atoms with Gasteiger partial charge in [0, 0.05) is 25.2 Å². The number of carbonyl (C=O) groups excluding carboxylic acids is 2. The van der Waals surface area contributed by atoms with Gasteiger partial charge in [-0.1, -0.05) is 44.5 Å². The van der Waals surface area contributed by atoms with Crippen LogP contribution in [0.3, 0.4) is 0 Å². The van der Waals surface area contributed by atoms with E-state index in [2.05, 4.69) is 36.2 Å². The lowest BCUT2D eigenvalue weighted by Gasteiger charge is -2.45. The van der Waals surface area contributed by atoms with Crippen molar-refractivity contribution in [2.24, 2.45) is 0 Å². The van der Waals surface area contributed by atoms with Gasteiger partial charge in [-0.3, -0.25) is 9.59 Å². The van der Waals surface area contributed by atoms with E-state index in [1.807, 2.05) is 23.1 Å². The van der Waals surface area contributed by atoms with Crippen LogP contribution in [-0.4, -0.2) is 68.6 Å². The molecule has 2 aliphatic rings. The van der Waals surface area contributed by atoms with Crippen molar-refractivity contribution < 1.29 is 19.1 Å². The van der Waals surface area contributed by atoms with Gasteiger partial charge in [0.1, 0.15) is 0 Å². The molecule has 0 radical (unpaired) electrons. The van der Waals surface area contributed by atoms with E-state index in [-0.39, 0.29) is 17.9 Å². The number of hydrogen-bond donors (Lipinski definition) is 1. The Kier molecular flexibility index (Phi) is 7.96. The van der Waals surface area contributed by atoms with E-state index in [0.29, 0.717) is 35.7 Å². The zero-order chi connectivity index (χ0) is 24.9. The number of methoxy groups -OCH3 is 2. The summed E-state index contributed by atoms with van der Waals surface area (Å²) >= 11 is 0. The number of fused-ring (bicyclic) bond motifs is 4. The van der Waals surface area contributed by atoms with Crippen LogP contribution in [0.4, 0.5) is 0 Å². The first-order valence-electron chi connectivity index (χ1n) is 12.7. The van der Waals surface area contributed by atoms with E-state index in [4.69, 9.17) is 9.47 Å². The molecule has 2 atom stereocenters. The molecule has 0 bridgehead atoms. The Morgan fingerprint density at radius 2 is 1.83 bits per heavy atom. The van der Waals surface area contributed by atoms with E-state index in [1.165, 1.54) is 5.56 Å². The van der Waals surface area contributed by atoms with Crippen LogP contribution in [0.5, 0.6) is 11.5 Å². The molecule has 0 spiro atoms. The summed E-state index contributed by atoms with van der Waals surface area (Å²) in [6.07, 6.45) is 3.07. The van der Waals surface area contributed by atoms with Crippen molar-refractivity contribution in [3.63, 3.8) is 0 Å². The Morgan fingerprint density at radius 1 is 1.09 bits per heavy atom. The number of ether oxygens (including phenoxy) is 2. The van der Waals surface area contributed by atoms with Crippen molar-refractivity contribution in [3.8, 4) is 11.5 Å². The molecular weight excluding hydrogens is 442 g/mol. The first-order valence-corrected chi connectivity index (χ1v) is 12.7. The Hall–Kier alpha value is -3.06. The van der Waals surface area contributed by atoms with Crippen LogP contribution in [0.25, 0.3) is 0 Å². The summed E-state index contributed by atoms with van der Waals surface area (Å²) in [4.78, 5) is 31.7. The Labute approximate surface area is 208 Å². The van der Waals surface area contributed by atoms with Gasteiger partial charge in [0.2, 0.25) is 5.91 Å². The zero-order valence-corrected chi connectivity index (χ0v) is 21.3. The van der Waals surface area contributed by atoms with Crippen LogP contribution >= 0.6 is 0 Å². The highest BCUT2D eigenvalue weighted by atomic mass is 16.5. The van der Waals surface area contributed by atoms with Crippen molar-refractivity contribution in [2.75, 3.05) is 46.9 Å². The van der Waals surface area contributed by atoms with E-state index >= 15 is 0 Å². The predicted octanol–water partition coefficient (Wildman–Crippen LogP) is 3.78. The minimum Gasteiger partial charge on any atom is -0.493 e. The molecule has 0 aliphatic carbocycles. The van der Waals surface area contributed by atoms with Crippen LogP contribution in [0.2, 0.25) is 0 Å². The van der Waals surface area contributed by atoms with Gasteiger partial charge >= 0.3 is 0 Å². The molecule has 2 unspecified atom stereocenters. The quantitative estimate of drug-likeness (QED) is 0.562. The highest BCUT2D eigenvalue weighted by Crippen LogP contribution is 2.48. The van der Waals surface area contributed by atoms with Crippen LogP contribution in [0.15, 0.2) is 36.4 Å². The summed E-state index contributed by atoms with van der Waals surface area (Å²) in [6, 6.07) is 11.3. The fraction of sp³-hybridized carbons (Fsp3) is 0.500. The Morgan fingerprint density at radius 3 is 2.54 bits per heavy atom. The SMILES string of the molecule is CCCCN(CC)CCNC(=O)C1c2cc(OC)c(OC)cc2C(=O)N2CCc3ccccc3C12. The fourth-order valence-electron chi connectivity index (χ4n) is 5.39.